The van der Waals surface area contributed by atoms with Gasteiger partial charge in [-0.3, -0.25) is 4.21 Å². The molecule has 21 heavy (non-hydrogen) atoms. The van der Waals surface area contributed by atoms with E-state index in [1.807, 2.05) is 6.07 Å². The Bertz CT molecular complexity index is 492. The van der Waals surface area contributed by atoms with Crippen LogP contribution in [0.25, 0.3) is 0 Å². The van der Waals surface area contributed by atoms with Gasteiger partial charge in [-0.15, -0.1) is 0 Å². The molecular weight excluding hydrogens is 286 g/mol. The molecule has 0 bridgehead atoms. The average Bonchev–Trinajstić information content (AvgIpc) is 2.90. The first-order valence-corrected chi connectivity index (χ1v) is 9.22. The van der Waals surface area contributed by atoms with Crippen LogP contribution in [-0.2, 0) is 17.2 Å². The molecule has 0 aromatic heterocycles. The molecule has 1 aromatic rings. The van der Waals surface area contributed by atoms with Crippen LogP contribution in [0.15, 0.2) is 18.2 Å². The minimum atomic E-state index is -0.700. The molecule has 1 N–H and O–H groups in total. The summed E-state index contributed by atoms with van der Waals surface area (Å²) < 4.78 is 21.8. The number of ether oxygens (including phenoxy) is 2. The number of hydrogen-bond acceptors (Lipinski definition) is 4. The largest absolute Gasteiger partial charge is 0.454 e. The van der Waals surface area contributed by atoms with E-state index in [4.69, 9.17) is 9.47 Å². The quantitative estimate of drug-likeness (QED) is 0.801. The zero-order chi connectivity index (χ0) is 15.2. The normalized spacial score (nSPS) is 17.5. The second-order valence-electron chi connectivity index (χ2n) is 5.76. The predicted molar refractivity (Wildman–Crippen MR) is 86.5 cm³/mol. The third-order valence-electron chi connectivity index (χ3n) is 3.71. The summed E-state index contributed by atoms with van der Waals surface area (Å²) in [6, 6.07) is 6.99. The molecular formula is C16H25NO3S. The lowest BCUT2D eigenvalue weighted by Crippen LogP contribution is -2.35. The second-order valence-corrected chi connectivity index (χ2v) is 7.32. The molecule has 0 radical (unpaired) electrons. The molecule has 0 fully saturated rings. The Hall–Kier alpha value is -1.07. The summed E-state index contributed by atoms with van der Waals surface area (Å²) in [5.41, 5.74) is 1.27. The Morgan fingerprint density at radius 1 is 1.19 bits per heavy atom. The van der Waals surface area contributed by atoms with Crippen LogP contribution in [0.4, 0.5) is 0 Å². The third-order valence-corrected chi connectivity index (χ3v) is 4.52. The van der Waals surface area contributed by atoms with Crippen LogP contribution in [0.3, 0.4) is 0 Å². The average molecular weight is 311 g/mol. The van der Waals surface area contributed by atoms with E-state index >= 15 is 0 Å². The second kappa shape index (κ2) is 7.80. The number of benzene rings is 1. The van der Waals surface area contributed by atoms with E-state index in [0.717, 1.165) is 36.5 Å². The fraction of sp³-hybridized carbons (Fsp3) is 0.625. The van der Waals surface area contributed by atoms with Crippen LogP contribution in [0, 0.1) is 0 Å². The minimum Gasteiger partial charge on any atom is -0.454 e. The van der Waals surface area contributed by atoms with Crippen molar-refractivity contribution in [1.82, 2.24) is 5.32 Å². The Labute approximate surface area is 129 Å². The van der Waals surface area contributed by atoms with E-state index in [1.165, 1.54) is 5.56 Å². The molecule has 3 unspecified atom stereocenters. The van der Waals surface area contributed by atoms with Gasteiger partial charge in [-0.2, -0.15) is 0 Å². The van der Waals surface area contributed by atoms with Crippen molar-refractivity contribution in [2.45, 2.75) is 45.2 Å². The highest BCUT2D eigenvalue weighted by atomic mass is 32.2. The summed E-state index contributed by atoms with van der Waals surface area (Å²) >= 11 is 0. The summed E-state index contributed by atoms with van der Waals surface area (Å²) in [4.78, 5) is 0. The van der Waals surface area contributed by atoms with Gasteiger partial charge in [0, 0.05) is 34.9 Å². The van der Waals surface area contributed by atoms with Crippen molar-refractivity contribution in [1.29, 1.82) is 0 Å². The number of aryl methyl sites for hydroxylation is 1. The SMILES string of the molecule is CC(CCc1ccc2c(c1)OCO2)NC(C)CCS(C)=O. The summed E-state index contributed by atoms with van der Waals surface area (Å²) in [6.45, 7) is 4.68. The molecule has 118 valence electrons. The van der Waals surface area contributed by atoms with Crippen LogP contribution in [0.1, 0.15) is 32.3 Å². The molecule has 1 aliphatic rings. The smallest absolute Gasteiger partial charge is 0.231 e. The van der Waals surface area contributed by atoms with Gasteiger partial charge in [0.2, 0.25) is 6.79 Å². The molecule has 0 amide bonds. The van der Waals surface area contributed by atoms with Crippen LogP contribution in [0.2, 0.25) is 0 Å². The lowest BCUT2D eigenvalue weighted by atomic mass is 10.0. The molecule has 0 spiro atoms. The van der Waals surface area contributed by atoms with Gasteiger partial charge >= 0.3 is 0 Å². The Morgan fingerprint density at radius 2 is 1.90 bits per heavy atom. The van der Waals surface area contributed by atoms with Crippen LogP contribution >= 0.6 is 0 Å². The van der Waals surface area contributed by atoms with Crippen molar-refractivity contribution in [3.05, 3.63) is 23.8 Å². The van der Waals surface area contributed by atoms with E-state index in [1.54, 1.807) is 6.26 Å². The lowest BCUT2D eigenvalue weighted by molar-refractivity contribution is 0.174. The zero-order valence-corrected chi connectivity index (χ0v) is 13.9. The van der Waals surface area contributed by atoms with Crippen molar-refractivity contribution in [2.24, 2.45) is 0 Å². The maximum atomic E-state index is 11.1. The van der Waals surface area contributed by atoms with Crippen molar-refractivity contribution in [3.8, 4) is 11.5 Å². The fourth-order valence-electron chi connectivity index (χ4n) is 2.47. The highest BCUT2D eigenvalue weighted by molar-refractivity contribution is 7.84. The summed E-state index contributed by atoms with van der Waals surface area (Å²) in [5, 5.41) is 3.57. The number of hydrogen-bond donors (Lipinski definition) is 1. The van der Waals surface area contributed by atoms with E-state index < -0.39 is 10.8 Å². The van der Waals surface area contributed by atoms with Crippen LogP contribution in [-0.4, -0.2) is 35.1 Å². The first-order chi connectivity index (χ1) is 10.0. The van der Waals surface area contributed by atoms with Crippen molar-refractivity contribution < 1.29 is 13.7 Å². The highest BCUT2D eigenvalue weighted by Gasteiger charge is 2.14. The standard InChI is InChI=1S/C16H25NO3S/c1-12(17-13(2)8-9-21(3)18)4-5-14-6-7-15-16(10-14)20-11-19-15/h6-7,10,12-13,17H,4-5,8-9,11H2,1-3H3. The lowest BCUT2D eigenvalue weighted by Gasteiger charge is -2.19. The van der Waals surface area contributed by atoms with Crippen molar-refractivity contribution in [3.63, 3.8) is 0 Å². The highest BCUT2D eigenvalue weighted by Crippen LogP contribution is 2.32. The molecule has 1 aliphatic heterocycles. The maximum absolute atomic E-state index is 11.1. The summed E-state index contributed by atoms with van der Waals surface area (Å²) in [7, 11) is -0.700. The van der Waals surface area contributed by atoms with E-state index in [-0.39, 0.29) is 0 Å². The number of rotatable bonds is 8. The minimum absolute atomic E-state index is 0.326. The van der Waals surface area contributed by atoms with Crippen LogP contribution < -0.4 is 14.8 Å². The maximum Gasteiger partial charge on any atom is 0.231 e. The van der Waals surface area contributed by atoms with Crippen LogP contribution in [0.5, 0.6) is 11.5 Å². The number of fused-ring (bicyclic) bond motifs is 1. The van der Waals surface area contributed by atoms with Crippen molar-refractivity contribution >= 4 is 10.8 Å². The Morgan fingerprint density at radius 3 is 2.67 bits per heavy atom. The molecule has 2 rings (SSSR count). The predicted octanol–water partition coefficient (Wildman–Crippen LogP) is 2.48. The molecule has 1 heterocycles. The topological polar surface area (TPSA) is 47.6 Å². The van der Waals surface area contributed by atoms with Gasteiger partial charge < -0.3 is 14.8 Å². The van der Waals surface area contributed by atoms with Gasteiger partial charge in [0.05, 0.1) is 0 Å². The van der Waals surface area contributed by atoms with Gasteiger partial charge in [-0.25, -0.2) is 0 Å². The fourth-order valence-corrected chi connectivity index (χ4v) is 3.16. The van der Waals surface area contributed by atoms with Gasteiger partial charge in [0.15, 0.2) is 11.5 Å². The Kier molecular flexibility index (Phi) is 6.06. The Balaban J connectivity index is 1.73. The summed E-state index contributed by atoms with van der Waals surface area (Å²) in [5.74, 6) is 2.46. The molecule has 3 atom stereocenters. The number of nitrogens with one attached hydrogen (secondary N) is 1. The van der Waals surface area contributed by atoms with Gasteiger partial charge in [-0.05, 0) is 50.8 Å². The first-order valence-electron chi connectivity index (χ1n) is 7.49. The monoisotopic (exact) mass is 311 g/mol. The molecule has 5 heteroatoms. The van der Waals surface area contributed by atoms with E-state index in [2.05, 4.69) is 31.3 Å². The van der Waals surface area contributed by atoms with Gasteiger partial charge in [0.25, 0.3) is 0 Å². The molecule has 1 aromatic carbocycles. The zero-order valence-electron chi connectivity index (χ0n) is 13.1. The molecule has 4 nitrogen and oxygen atoms in total. The molecule has 0 aliphatic carbocycles. The van der Waals surface area contributed by atoms with Gasteiger partial charge in [0.1, 0.15) is 0 Å². The molecule has 0 saturated heterocycles. The third kappa shape index (κ3) is 5.32. The molecule has 0 saturated carbocycles. The van der Waals surface area contributed by atoms with E-state index in [9.17, 15) is 4.21 Å². The van der Waals surface area contributed by atoms with E-state index in [0.29, 0.717) is 18.9 Å². The van der Waals surface area contributed by atoms with Crippen molar-refractivity contribution in [2.75, 3.05) is 18.8 Å². The van der Waals surface area contributed by atoms with Gasteiger partial charge in [-0.1, -0.05) is 6.07 Å². The first kappa shape index (κ1) is 16.3. The summed E-state index contributed by atoms with van der Waals surface area (Å²) in [6.07, 6.45) is 4.80.